The Bertz CT molecular complexity index is 1540. The minimum Gasteiger partial charge on any atom is -0.462 e. The first-order valence-corrected chi connectivity index (χ1v) is 14.6. The first kappa shape index (κ1) is 29.5. The largest absolute Gasteiger partial charge is 0.462 e. The van der Waals surface area contributed by atoms with Gasteiger partial charge in [-0.2, -0.15) is 18.6 Å². The van der Waals surface area contributed by atoms with Crippen LogP contribution in [0.1, 0.15) is 45.0 Å². The number of carbonyl (C=O) groups excluding carboxylic acids is 1. The minimum atomic E-state index is -4.61. The lowest BCUT2D eigenvalue weighted by Gasteiger charge is -2.22. The number of rotatable bonds is 10. The van der Waals surface area contributed by atoms with E-state index in [-0.39, 0.29) is 6.61 Å². The molecule has 9 nitrogen and oxygen atoms in total. The monoisotopic (exact) mass is 569 g/mol. The van der Waals surface area contributed by atoms with Gasteiger partial charge in [-0.25, -0.2) is 4.79 Å². The van der Waals surface area contributed by atoms with E-state index in [9.17, 15) is 18.8 Å². The maximum absolute atomic E-state index is 13.0. The fourth-order valence-corrected chi connectivity index (χ4v) is 5.48. The van der Waals surface area contributed by atoms with Crippen molar-refractivity contribution in [1.29, 1.82) is 0 Å². The molecule has 0 fully saturated rings. The van der Waals surface area contributed by atoms with Crippen molar-refractivity contribution in [1.82, 2.24) is 4.58 Å². The fraction of sp³-hybridized carbons (Fsp3) is 0.333. The van der Waals surface area contributed by atoms with Crippen LogP contribution in [0.4, 0.5) is 5.69 Å². The van der Waals surface area contributed by atoms with Crippen molar-refractivity contribution < 1.29 is 42.5 Å². The first-order chi connectivity index (χ1) is 19.1. The van der Waals surface area contributed by atoms with Gasteiger partial charge in [0.05, 0.1) is 28.5 Å². The van der Waals surface area contributed by atoms with E-state index in [1.807, 2.05) is 49.4 Å². The van der Waals surface area contributed by atoms with Crippen molar-refractivity contribution in [3.05, 3.63) is 71.6 Å². The highest BCUT2D eigenvalue weighted by atomic mass is 35.7. The third-order valence-electron chi connectivity index (χ3n) is 6.86. The van der Waals surface area contributed by atoms with Crippen LogP contribution in [-0.4, -0.2) is 38.4 Å². The zero-order valence-corrected chi connectivity index (χ0v) is 24.1. The second-order valence-electron chi connectivity index (χ2n) is 9.13. The Balaban J connectivity index is 2.07. The molecule has 0 saturated carbocycles. The van der Waals surface area contributed by atoms with E-state index in [4.69, 9.17) is 9.15 Å². The average Bonchev–Trinajstić information content (AvgIpc) is 2.92. The molecule has 0 bridgehead atoms. The molecule has 0 aromatic heterocycles. The zero-order valence-electron chi connectivity index (χ0n) is 23.3. The molecule has 0 spiro atoms. The topological polar surface area (TPSA) is 124 Å². The lowest BCUT2D eigenvalue weighted by Crippen LogP contribution is -2.63. The standard InChI is InChI=1S/C30H34ClN2O7/c1-6-32(7-2)21-14-16-25-27(18-21)39-28-19-22(33(8-3)20(5)40-31(35,36)37)15-17-26(28)29(25)23-12-10-11-13-24(23)30(34)38-9-4/h10-20H,6-9H2,1-5H3/q+1. The number of carbonyl (C=O) groups is 1. The van der Waals surface area contributed by atoms with E-state index in [1.165, 1.54) is 6.92 Å². The van der Waals surface area contributed by atoms with Crippen LogP contribution in [0.3, 0.4) is 0 Å². The van der Waals surface area contributed by atoms with Crippen molar-refractivity contribution >= 4 is 22.6 Å². The van der Waals surface area contributed by atoms with Gasteiger partial charge in [0.1, 0.15) is 22.2 Å². The molecule has 1 aliphatic heterocycles. The van der Waals surface area contributed by atoms with Gasteiger partial charge in [-0.05, 0) is 57.5 Å². The summed E-state index contributed by atoms with van der Waals surface area (Å²) in [5, 5.41) is 1.43. The number of fused-ring (bicyclic) bond motifs is 2. The van der Waals surface area contributed by atoms with Crippen LogP contribution in [0.5, 0.6) is 0 Å². The van der Waals surface area contributed by atoms with E-state index < -0.39 is 22.4 Å². The number of benzene rings is 3. The van der Waals surface area contributed by atoms with Crippen LogP contribution in [0.2, 0.25) is 0 Å². The lowest BCUT2D eigenvalue weighted by atomic mass is 9.90. The van der Waals surface area contributed by atoms with Gasteiger partial charge in [-0.1, -0.05) is 18.2 Å². The molecule has 4 rings (SSSR count). The quantitative estimate of drug-likeness (QED) is 0.123. The second-order valence-corrected chi connectivity index (χ2v) is 10.1. The number of nitrogens with zero attached hydrogens (tertiary/aromatic N) is 2. The van der Waals surface area contributed by atoms with Crippen molar-refractivity contribution in [2.45, 2.75) is 40.8 Å². The Hall–Kier alpha value is -3.47. The predicted molar refractivity (Wildman–Crippen MR) is 144 cm³/mol. The molecule has 2 aromatic rings. The van der Waals surface area contributed by atoms with Crippen LogP contribution < -0.4 is 28.8 Å². The van der Waals surface area contributed by atoms with E-state index in [0.29, 0.717) is 34.4 Å². The summed E-state index contributed by atoms with van der Waals surface area (Å²) in [5.41, 5.74) is 4.32. The molecule has 2 aliphatic rings. The Morgan fingerprint density at radius 2 is 1.70 bits per heavy atom. The second kappa shape index (κ2) is 12.4. The van der Waals surface area contributed by atoms with Crippen molar-refractivity contribution in [2.24, 2.45) is 0 Å². The van der Waals surface area contributed by atoms with Gasteiger partial charge in [0.25, 0.3) is 0 Å². The van der Waals surface area contributed by atoms with Crippen molar-refractivity contribution in [3.63, 3.8) is 0 Å². The normalized spacial score (nSPS) is 13.4. The minimum absolute atomic E-state index is 0.251. The Kier molecular flexibility index (Phi) is 9.12. The predicted octanol–water partition coefficient (Wildman–Crippen LogP) is 2.28. The number of hydrogen-bond donors (Lipinski definition) is 0. The summed E-state index contributed by atoms with van der Waals surface area (Å²) in [6.07, 6.45) is -1.04. The maximum atomic E-state index is 13.0. The third kappa shape index (κ3) is 6.14. The van der Waals surface area contributed by atoms with E-state index in [2.05, 4.69) is 23.0 Å². The highest BCUT2D eigenvalue weighted by Crippen LogP contribution is 2.42. The number of anilines is 1. The van der Waals surface area contributed by atoms with Crippen LogP contribution >= 0.6 is 0 Å². The van der Waals surface area contributed by atoms with Gasteiger partial charge < -0.3 is 14.1 Å². The summed E-state index contributed by atoms with van der Waals surface area (Å²) in [5.74, 6) is 0.0984. The summed E-state index contributed by atoms with van der Waals surface area (Å²) >= 11 is 0. The lowest BCUT2D eigenvalue weighted by molar-refractivity contribution is -1.92. The van der Waals surface area contributed by atoms with Crippen LogP contribution in [0.15, 0.2) is 65.1 Å². The summed E-state index contributed by atoms with van der Waals surface area (Å²) in [7, 11) is -4.61. The van der Waals surface area contributed by atoms with E-state index >= 15 is 0 Å². The molecule has 10 heteroatoms. The molecule has 212 valence electrons. The molecule has 0 saturated heterocycles. The molecule has 40 heavy (non-hydrogen) atoms. The van der Waals surface area contributed by atoms with Gasteiger partial charge in [-0.15, -0.1) is 0 Å². The van der Waals surface area contributed by atoms with Gasteiger partial charge in [0.2, 0.25) is 5.36 Å². The van der Waals surface area contributed by atoms with Gasteiger partial charge >= 0.3 is 12.2 Å². The Morgan fingerprint density at radius 3 is 2.35 bits per heavy atom. The van der Waals surface area contributed by atoms with Crippen molar-refractivity contribution in [3.8, 4) is 22.5 Å². The molecular formula is C30H34ClN2O7+. The fourth-order valence-electron chi connectivity index (χ4n) is 5.07. The third-order valence-corrected chi connectivity index (χ3v) is 7.33. The van der Waals surface area contributed by atoms with E-state index in [0.717, 1.165) is 35.3 Å². The van der Waals surface area contributed by atoms with Gasteiger partial charge in [0.15, 0.2) is 0 Å². The molecular weight excluding hydrogens is 536 g/mol. The average molecular weight is 570 g/mol. The molecule has 1 aliphatic carbocycles. The molecule has 0 radical (unpaired) electrons. The van der Waals surface area contributed by atoms with Gasteiger partial charge in [-0.3, -0.25) is 0 Å². The molecule has 1 heterocycles. The highest BCUT2D eigenvalue weighted by Gasteiger charge is 2.33. The number of halogens is 1. The molecule has 0 amide bonds. The number of hydrogen-bond acceptors (Lipinski definition) is 8. The first-order valence-electron chi connectivity index (χ1n) is 13.3. The van der Waals surface area contributed by atoms with Crippen LogP contribution in [0, 0.1) is 10.2 Å². The Labute approximate surface area is 235 Å². The molecule has 1 unspecified atom stereocenters. The number of esters is 1. The summed E-state index contributed by atoms with van der Waals surface area (Å²) in [6.45, 7) is 11.5. The smallest absolute Gasteiger partial charge is 0.400 e. The van der Waals surface area contributed by atoms with Crippen molar-refractivity contribution in [2.75, 3.05) is 31.1 Å². The summed E-state index contributed by atoms with van der Waals surface area (Å²) in [4.78, 5) is 15.2. The van der Waals surface area contributed by atoms with Crippen LogP contribution in [-0.2, 0) is 9.03 Å². The summed E-state index contributed by atoms with van der Waals surface area (Å²) in [6, 6.07) is 18.8. The molecule has 0 N–H and O–H groups in total. The summed E-state index contributed by atoms with van der Waals surface area (Å²) < 4.78 is 51.8. The SMILES string of the molecule is CCOC(=O)c1ccccc1-c1c2ccc(=[N+](CC)C(C)O[Cl+3]([O-])([O-])[O-])cc-2oc2cc(N(CC)CC)ccc12. The zero-order chi connectivity index (χ0) is 29.0. The van der Waals surface area contributed by atoms with E-state index in [1.54, 1.807) is 29.7 Å². The van der Waals surface area contributed by atoms with Gasteiger partial charge in [0, 0.05) is 54.3 Å². The Morgan fingerprint density at radius 1 is 0.975 bits per heavy atom. The van der Waals surface area contributed by atoms with Crippen LogP contribution in [0.25, 0.3) is 33.4 Å². The number of ether oxygens (including phenoxy) is 1. The molecule has 1 atom stereocenters. The molecule has 2 aromatic carbocycles. The highest BCUT2D eigenvalue weighted by molar-refractivity contribution is 6.08. The maximum Gasteiger partial charge on any atom is 0.400 e.